The third-order valence-electron chi connectivity index (χ3n) is 11.7. The molecule has 3 nitrogen and oxygen atoms in total. The van der Waals surface area contributed by atoms with Crippen LogP contribution in [0.5, 0.6) is 17.2 Å². The Morgan fingerprint density at radius 3 is 0.986 bits per heavy atom. The Hall–Kier alpha value is -6.78. The van der Waals surface area contributed by atoms with Gasteiger partial charge in [-0.1, -0.05) is 109 Å². The van der Waals surface area contributed by atoms with Gasteiger partial charge in [-0.3, -0.25) is 0 Å². The third kappa shape index (κ3) is 14.3. The van der Waals surface area contributed by atoms with Crippen LogP contribution in [-0.2, 0) is 32.7 Å². The minimum absolute atomic E-state index is 0.252. The van der Waals surface area contributed by atoms with Crippen LogP contribution in [0.25, 0.3) is 0 Å². The smallest absolute Gasteiger partial charge is 0.170 e. The topological polar surface area (TPSA) is 38.7 Å². The molecule has 1 N–H and O–H groups in total. The van der Waals surface area contributed by atoms with E-state index in [-0.39, 0.29) is 55.7 Å². The van der Waals surface area contributed by atoms with Crippen LogP contribution in [0.2, 0.25) is 0 Å². The van der Waals surface area contributed by atoms with Crippen LogP contribution in [-0.4, -0.2) is 16.3 Å². The van der Waals surface area contributed by atoms with Gasteiger partial charge in [0.25, 0.3) is 0 Å². The molecular weight excluding hydrogens is 970 g/mol. The summed E-state index contributed by atoms with van der Waals surface area (Å²) in [5.74, 6) is -0.837. The van der Waals surface area contributed by atoms with Crippen molar-refractivity contribution in [3.8, 4) is 17.2 Å². The van der Waals surface area contributed by atoms with E-state index in [1.165, 1.54) is 37.8 Å². The summed E-state index contributed by atoms with van der Waals surface area (Å²) in [6, 6.07) is 76.6. The Morgan fingerprint density at radius 2 is 0.671 bits per heavy atom. The number of hydrogen-bond donors (Lipinski definition) is 1. The molecule has 9 heteroatoms. The molecule has 370 valence electrons. The molecule has 1 aliphatic rings. The van der Waals surface area contributed by atoms with Gasteiger partial charge in [0.15, 0.2) is 78.8 Å². The minimum Gasteiger partial charge on any atom is -0.505 e. The number of hydrogen-bond acceptors (Lipinski definition) is 3. The molecule has 0 amide bonds. The predicted molar refractivity (Wildman–Crippen MR) is 294 cm³/mol. The summed E-state index contributed by atoms with van der Waals surface area (Å²) in [6.07, 6.45) is 4.27. The molecule has 0 radical (unpaired) electrons. The van der Waals surface area contributed by atoms with Crippen molar-refractivity contribution in [2.45, 2.75) is 109 Å². The van der Waals surface area contributed by atoms with Gasteiger partial charge in [-0.05, 0) is 163 Å². The second kappa shape index (κ2) is 24.8. The van der Waals surface area contributed by atoms with Crippen LogP contribution in [0.4, 0.5) is 13.2 Å². The average Bonchev–Trinajstić information content (AvgIpc) is 3.84. The Bertz CT molecular complexity index is 3000. The van der Waals surface area contributed by atoms with Crippen molar-refractivity contribution < 1.29 is 27.8 Å². The quantitative estimate of drug-likeness (QED) is 0.124. The number of aromatic hydroxyl groups is 1. The monoisotopic (exact) mass is 1030 g/mol. The van der Waals surface area contributed by atoms with Gasteiger partial charge in [-0.25, -0.2) is 13.2 Å². The molecule has 10 rings (SSSR count). The summed E-state index contributed by atoms with van der Waals surface area (Å²) >= 11 is 0. The molecular formula is C64H60F3O3S3+3. The maximum absolute atomic E-state index is 14.5. The molecule has 0 spiro atoms. The van der Waals surface area contributed by atoms with Crippen LogP contribution < -0.4 is 9.47 Å². The summed E-state index contributed by atoms with van der Waals surface area (Å²) in [4.78, 5) is 10.1. The molecule has 0 heterocycles. The van der Waals surface area contributed by atoms with E-state index in [1.54, 1.807) is 12.1 Å². The Morgan fingerprint density at radius 1 is 0.384 bits per heavy atom. The highest BCUT2D eigenvalue weighted by Crippen LogP contribution is 2.39. The van der Waals surface area contributed by atoms with Gasteiger partial charge in [-0.2, -0.15) is 0 Å². The van der Waals surface area contributed by atoms with Crippen molar-refractivity contribution in [3.63, 3.8) is 0 Å². The first-order valence-electron chi connectivity index (χ1n) is 24.3. The maximum atomic E-state index is 14.5. The fourth-order valence-electron chi connectivity index (χ4n) is 8.38. The number of benzene rings is 9. The van der Waals surface area contributed by atoms with Gasteiger partial charge in [-0.15, -0.1) is 0 Å². The van der Waals surface area contributed by atoms with E-state index >= 15 is 0 Å². The zero-order valence-electron chi connectivity index (χ0n) is 41.5. The SMILES string of the molecule is CC(C)(C)Oc1cc([S+](c2ccccc2)c2ccccc2)ccc1F.CC1(Oc2cc([S+](c3ccccc3)c3ccccc3)ccc2F)CCCC1.Oc1cc([S+](c2ccccc2)c2ccccc2)ccc1F. The van der Waals surface area contributed by atoms with Crippen molar-refractivity contribution in [1.29, 1.82) is 0 Å². The second-order valence-corrected chi connectivity index (χ2v) is 24.6. The first-order valence-corrected chi connectivity index (χ1v) is 28.0. The Kier molecular flexibility index (Phi) is 17.8. The highest BCUT2D eigenvalue weighted by molar-refractivity contribution is 7.97. The number of phenols is 1. The lowest BCUT2D eigenvalue weighted by Crippen LogP contribution is -2.28. The molecule has 0 aromatic heterocycles. The second-order valence-electron chi connectivity index (χ2n) is 18.6. The molecule has 9 aromatic carbocycles. The van der Waals surface area contributed by atoms with Gasteiger partial charge in [0.05, 0.1) is 32.7 Å². The lowest BCUT2D eigenvalue weighted by atomic mass is 10.1. The lowest BCUT2D eigenvalue weighted by molar-refractivity contribution is 0.0910. The molecule has 0 bridgehead atoms. The fourth-order valence-corrected chi connectivity index (χ4v) is 14.7. The first-order chi connectivity index (χ1) is 35.3. The molecule has 1 fully saturated rings. The van der Waals surface area contributed by atoms with E-state index in [2.05, 4.69) is 104 Å². The predicted octanol–water partition coefficient (Wildman–Crippen LogP) is 17.4. The molecule has 1 saturated carbocycles. The summed E-state index contributed by atoms with van der Waals surface area (Å²) in [7, 11) is -0.965. The van der Waals surface area contributed by atoms with Crippen molar-refractivity contribution in [2.75, 3.05) is 0 Å². The zero-order chi connectivity index (χ0) is 51.2. The Balaban J connectivity index is 0.000000147. The average molecular weight is 1030 g/mol. The van der Waals surface area contributed by atoms with Gasteiger partial charge in [0.1, 0.15) is 11.2 Å². The number of halogens is 3. The highest BCUT2D eigenvalue weighted by atomic mass is 32.2. The van der Waals surface area contributed by atoms with E-state index in [0.717, 1.165) is 50.2 Å². The van der Waals surface area contributed by atoms with E-state index in [0.29, 0.717) is 11.5 Å². The fraction of sp³-hybridized carbons (Fsp3) is 0.156. The number of phenolic OH excluding ortho intramolecular Hbond substituents is 1. The largest absolute Gasteiger partial charge is 0.505 e. The summed E-state index contributed by atoms with van der Waals surface area (Å²) in [5, 5.41) is 9.67. The molecule has 0 saturated heterocycles. The van der Waals surface area contributed by atoms with E-state index in [1.807, 2.05) is 130 Å². The van der Waals surface area contributed by atoms with Crippen LogP contribution in [0, 0.1) is 17.5 Å². The standard InChI is InChI=1S/C24H24FOS.C22H22FOS.C18H13FOS/c1-24(16-8-9-17-24)26-23-18-21(14-15-22(23)25)27(19-10-4-2-5-11-19)20-12-6-3-7-13-20;1-22(2,3)24-21-16-19(14-15-20(21)23)25(17-10-6-4-7-11-17)18-12-8-5-9-13-18;19-17-12-11-16(13-18(17)20)21(14-7-3-1-4-8-14)15-9-5-2-6-10-15/h2-7,10-15,18H,8-9,16-17H2,1H3;4-16H,1-3H3;1-13H/q2*+1;/p+1. The van der Waals surface area contributed by atoms with Crippen LogP contribution in [0.15, 0.2) is 281 Å². The van der Waals surface area contributed by atoms with E-state index in [9.17, 15) is 18.3 Å². The maximum Gasteiger partial charge on any atom is 0.170 e. The molecule has 9 aromatic rings. The molecule has 73 heavy (non-hydrogen) atoms. The summed E-state index contributed by atoms with van der Waals surface area (Å²) in [6.45, 7) is 7.87. The van der Waals surface area contributed by atoms with Gasteiger partial charge < -0.3 is 14.6 Å². The van der Waals surface area contributed by atoms with Crippen molar-refractivity contribution >= 4 is 32.7 Å². The van der Waals surface area contributed by atoms with Crippen molar-refractivity contribution in [3.05, 3.63) is 254 Å². The lowest BCUT2D eigenvalue weighted by Gasteiger charge is -2.26. The van der Waals surface area contributed by atoms with E-state index in [4.69, 9.17) is 9.47 Å². The summed E-state index contributed by atoms with van der Waals surface area (Å²) in [5.41, 5.74) is -0.699. The van der Waals surface area contributed by atoms with Crippen LogP contribution in [0.1, 0.15) is 53.4 Å². The zero-order valence-corrected chi connectivity index (χ0v) is 43.9. The van der Waals surface area contributed by atoms with Gasteiger partial charge in [0, 0.05) is 18.2 Å². The summed E-state index contributed by atoms with van der Waals surface area (Å²) < 4.78 is 54.1. The molecule has 0 aliphatic heterocycles. The van der Waals surface area contributed by atoms with Gasteiger partial charge >= 0.3 is 0 Å². The highest BCUT2D eigenvalue weighted by Gasteiger charge is 2.35. The number of rotatable bonds is 12. The van der Waals surface area contributed by atoms with Crippen molar-refractivity contribution in [1.82, 2.24) is 0 Å². The first kappa shape index (κ1) is 52.5. The van der Waals surface area contributed by atoms with Crippen LogP contribution in [0.3, 0.4) is 0 Å². The molecule has 0 unspecified atom stereocenters. The molecule has 1 aliphatic carbocycles. The normalized spacial score (nSPS) is 12.9. The van der Waals surface area contributed by atoms with Crippen molar-refractivity contribution in [2.24, 2.45) is 0 Å². The minimum atomic E-state index is -0.594. The van der Waals surface area contributed by atoms with Gasteiger partial charge in [0.2, 0.25) is 0 Å². The molecule has 0 atom stereocenters. The number of ether oxygens (including phenoxy) is 2. The Labute approximate surface area is 437 Å². The van der Waals surface area contributed by atoms with E-state index < -0.39 is 11.4 Å². The van der Waals surface area contributed by atoms with Crippen LogP contribution >= 0.6 is 0 Å². The third-order valence-corrected chi connectivity index (χ3v) is 18.4.